The lowest BCUT2D eigenvalue weighted by atomic mass is 9.46. The van der Waals surface area contributed by atoms with E-state index in [-0.39, 0.29) is 42.5 Å². The number of ketones is 2. The van der Waals surface area contributed by atoms with Crippen molar-refractivity contribution in [3.63, 3.8) is 0 Å². The van der Waals surface area contributed by atoms with Gasteiger partial charge in [0.2, 0.25) is 5.78 Å². The molecule has 1 unspecified atom stereocenters. The molecule has 0 amide bonds. The van der Waals surface area contributed by atoms with Gasteiger partial charge in [-0.05, 0) is 75.4 Å². The highest BCUT2D eigenvalue weighted by Gasteiger charge is 2.70. The molecule has 0 aromatic heterocycles. The number of Topliss-reactive ketones (excluding diaryl/α,β-unsaturated/α-hetero) is 1. The minimum Gasteiger partial charge on any atom is -0.457 e. The molecular formula is C29H38O8. The molecule has 5 rings (SSSR count). The molecule has 0 aromatic rings. The van der Waals surface area contributed by atoms with Crippen LogP contribution in [0.15, 0.2) is 23.8 Å². The molecule has 0 radical (unpaired) electrons. The number of fused-ring (bicyclic) bond motifs is 5. The molecule has 0 saturated heterocycles. The van der Waals surface area contributed by atoms with E-state index in [1.807, 2.05) is 19.9 Å². The minimum atomic E-state index is -1.55. The van der Waals surface area contributed by atoms with Crippen LogP contribution >= 0.6 is 0 Å². The zero-order valence-electron chi connectivity index (χ0n) is 22.0. The first kappa shape index (κ1) is 26.1. The number of carbonyl (C=O) groups excluding carboxylic acids is 4. The normalized spacial score (nSPS) is 40.1. The van der Waals surface area contributed by atoms with Crippen LogP contribution in [0.1, 0.15) is 72.1 Å². The second-order valence-corrected chi connectivity index (χ2v) is 12.1. The Labute approximate surface area is 217 Å². The lowest BCUT2D eigenvalue weighted by Crippen LogP contribution is -2.63. The van der Waals surface area contributed by atoms with E-state index in [1.165, 1.54) is 0 Å². The highest BCUT2D eigenvalue weighted by molar-refractivity contribution is 6.01. The van der Waals surface area contributed by atoms with E-state index in [4.69, 9.17) is 14.2 Å². The molecule has 0 heterocycles. The Morgan fingerprint density at radius 2 is 1.86 bits per heavy atom. The van der Waals surface area contributed by atoms with E-state index in [1.54, 1.807) is 12.2 Å². The Morgan fingerprint density at radius 1 is 1.11 bits per heavy atom. The van der Waals surface area contributed by atoms with Crippen molar-refractivity contribution in [1.29, 1.82) is 0 Å². The van der Waals surface area contributed by atoms with Gasteiger partial charge in [0.25, 0.3) is 0 Å². The van der Waals surface area contributed by atoms with Crippen molar-refractivity contribution in [2.45, 2.75) is 83.8 Å². The minimum absolute atomic E-state index is 0.00682. The topological polar surface area (TPSA) is 116 Å². The Balaban J connectivity index is 1.46. The highest BCUT2D eigenvalue weighted by atomic mass is 16.7. The monoisotopic (exact) mass is 514 g/mol. The average Bonchev–Trinajstić information content (AvgIpc) is 3.66. The average molecular weight is 515 g/mol. The lowest BCUT2D eigenvalue weighted by Gasteiger charge is -2.59. The molecule has 1 N–H and O–H groups in total. The maximum absolute atomic E-state index is 13.8. The van der Waals surface area contributed by atoms with Gasteiger partial charge in [-0.3, -0.25) is 14.4 Å². The highest BCUT2D eigenvalue weighted by Crippen LogP contribution is 2.68. The zero-order valence-corrected chi connectivity index (χ0v) is 22.0. The Bertz CT molecular complexity index is 1060. The SMILES string of the molecule is CCCOC(=O)O[C@]1(C(=O)COC(=O)C2CC2)CC[C@H]2[C@@H]3CCC4=CC(=O)C=C[C@]4(C)[C@H]3C(O)C[C@@]21C. The lowest BCUT2D eigenvalue weighted by molar-refractivity contribution is -0.186. The maximum atomic E-state index is 13.8. The van der Waals surface area contributed by atoms with E-state index in [9.17, 15) is 24.3 Å². The summed E-state index contributed by atoms with van der Waals surface area (Å²) in [5.74, 6) is -1.04. The molecule has 202 valence electrons. The summed E-state index contributed by atoms with van der Waals surface area (Å²) in [6, 6.07) is 0. The second-order valence-electron chi connectivity index (χ2n) is 12.1. The third-order valence-corrected chi connectivity index (χ3v) is 10.0. The van der Waals surface area contributed by atoms with Gasteiger partial charge >= 0.3 is 12.1 Å². The van der Waals surface area contributed by atoms with Crippen LogP contribution in [0.4, 0.5) is 4.79 Å². The summed E-state index contributed by atoms with van der Waals surface area (Å²) in [6.45, 7) is 5.61. The number of hydrogen-bond donors (Lipinski definition) is 1. The van der Waals surface area contributed by atoms with Crippen LogP contribution in [0, 0.1) is 34.5 Å². The van der Waals surface area contributed by atoms with Gasteiger partial charge in [-0.2, -0.15) is 0 Å². The number of hydrogen-bond acceptors (Lipinski definition) is 8. The molecule has 0 aromatic carbocycles. The molecule has 0 bridgehead atoms. The number of esters is 1. The van der Waals surface area contributed by atoms with Crippen LogP contribution in [0.2, 0.25) is 0 Å². The molecule has 0 spiro atoms. The molecule has 4 fully saturated rings. The summed E-state index contributed by atoms with van der Waals surface area (Å²) < 4.78 is 16.5. The first-order valence-electron chi connectivity index (χ1n) is 13.7. The molecule has 5 aliphatic carbocycles. The number of ether oxygens (including phenoxy) is 3. The van der Waals surface area contributed by atoms with E-state index < -0.39 is 47.0 Å². The van der Waals surface area contributed by atoms with Gasteiger partial charge in [-0.25, -0.2) is 4.79 Å². The van der Waals surface area contributed by atoms with E-state index in [2.05, 4.69) is 6.92 Å². The van der Waals surface area contributed by atoms with E-state index in [0.29, 0.717) is 19.3 Å². The van der Waals surface area contributed by atoms with Crippen molar-refractivity contribution in [2.24, 2.45) is 34.5 Å². The fraction of sp³-hybridized carbons (Fsp3) is 0.724. The maximum Gasteiger partial charge on any atom is 0.509 e. The van der Waals surface area contributed by atoms with Gasteiger partial charge in [0.15, 0.2) is 18.0 Å². The Morgan fingerprint density at radius 3 is 2.57 bits per heavy atom. The van der Waals surface area contributed by atoms with Gasteiger partial charge in [-0.15, -0.1) is 0 Å². The Hall–Kier alpha value is -2.48. The predicted octanol–water partition coefficient (Wildman–Crippen LogP) is 4.09. The molecule has 4 saturated carbocycles. The van der Waals surface area contributed by atoms with Crippen LogP contribution in [0.3, 0.4) is 0 Å². The van der Waals surface area contributed by atoms with Gasteiger partial charge in [0.1, 0.15) is 0 Å². The third kappa shape index (κ3) is 4.16. The van der Waals surface area contributed by atoms with Gasteiger partial charge in [0.05, 0.1) is 18.6 Å². The summed E-state index contributed by atoms with van der Waals surface area (Å²) >= 11 is 0. The number of carbonyl (C=O) groups is 4. The van der Waals surface area contributed by atoms with Crippen molar-refractivity contribution < 1.29 is 38.5 Å². The quantitative estimate of drug-likeness (QED) is 0.505. The van der Waals surface area contributed by atoms with Crippen molar-refractivity contribution in [3.8, 4) is 0 Å². The smallest absolute Gasteiger partial charge is 0.457 e. The van der Waals surface area contributed by atoms with Crippen LogP contribution in [0.25, 0.3) is 0 Å². The molecule has 5 aliphatic rings. The van der Waals surface area contributed by atoms with Gasteiger partial charge in [-0.1, -0.05) is 32.4 Å². The molecule has 8 heteroatoms. The summed E-state index contributed by atoms with van der Waals surface area (Å²) in [5.41, 5.74) is -1.79. The fourth-order valence-corrected chi connectivity index (χ4v) is 8.04. The van der Waals surface area contributed by atoms with Crippen molar-refractivity contribution >= 4 is 23.7 Å². The summed E-state index contributed by atoms with van der Waals surface area (Å²) in [6.07, 6.45) is 8.43. The molecule has 8 nitrogen and oxygen atoms in total. The molecule has 0 aliphatic heterocycles. The predicted molar refractivity (Wildman–Crippen MR) is 132 cm³/mol. The van der Waals surface area contributed by atoms with Crippen LogP contribution in [-0.2, 0) is 28.6 Å². The van der Waals surface area contributed by atoms with Gasteiger partial charge in [0, 0.05) is 16.7 Å². The summed E-state index contributed by atoms with van der Waals surface area (Å²) in [7, 11) is 0. The van der Waals surface area contributed by atoms with E-state index in [0.717, 1.165) is 31.3 Å². The summed E-state index contributed by atoms with van der Waals surface area (Å²) in [5, 5.41) is 11.7. The zero-order chi connectivity index (χ0) is 26.6. The summed E-state index contributed by atoms with van der Waals surface area (Å²) in [4.78, 5) is 50.9. The fourth-order valence-electron chi connectivity index (χ4n) is 8.04. The third-order valence-electron chi connectivity index (χ3n) is 10.0. The first-order valence-corrected chi connectivity index (χ1v) is 13.7. The van der Waals surface area contributed by atoms with Crippen molar-refractivity contribution in [2.75, 3.05) is 13.2 Å². The first-order chi connectivity index (χ1) is 17.6. The van der Waals surface area contributed by atoms with E-state index >= 15 is 0 Å². The number of aliphatic hydroxyl groups excluding tert-OH is 1. The number of allylic oxidation sites excluding steroid dienone is 4. The van der Waals surface area contributed by atoms with Crippen LogP contribution in [-0.4, -0.2) is 53.7 Å². The second kappa shape index (κ2) is 9.37. The number of rotatable bonds is 7. The van der Waals surface area contributed by atoms with Crippen LogP contribution < -0.4 is 0 Å². The van der Waals surface area contributed by atoms with Crippen molar-refractivity contribution in [1.82, 2.24) is 0 Å². The van der Waals surface area contributed by atoms with Crippen LogP contribution in [0.5, 0.6) is 0 Å². The molecule has 37 heavy (non-hydrogen) atoms. The number of aliphatic hydroxyl groups is 1. The largest absolute Gasteiger partial charge is 0.509 e. The molecule has 7 atom stereocenters. The Kier molecular flexibility index (Phi) is 6.62. The van der Waals surface area contributed by atoms with Gasteiger partial charge < -0.3 is 19.3 Å². The molecular weight excluding hydrogens is 476 g/mol. The van der Waals surface area contributed by atoms with Crippen molar-refractivity contribution in [3.05, 3.63) is 23.8 Å². The standard InChI is InChI=1S/C29H38O8/c1-4-13-35-26(34)37-29(23(32)16-36-25(33)17-5-6-17)12-10-21-20-8-7-18-14-19(30)9-11-27(18,2)24(20)22(31)15-28(21,29)3/h9,11,14,17,20-22,24,31H,4-8,10,12-13,15-16H2,1-3H3/t20-,21-,22?,24+,27-,28-,29-/m0/s1.